The number of halogens is 3. The van der Waals surface area contributed by atoms with Crippen molar-refractivity contribution < 1.29 is 31.5 Å². The highest BCUT2D eigenvalue weighted by atomic mass is 32.2. The van der Waals surface area contributed by atoms with Crippen molar-refractivity contribution >= 4 is 15.9 Å². The van der Waals surface area contributed by atoms with Crippen LogP contribution in [-0.4, -0.2) is 55.8 Å². The molecule has 2 rings (SSSR count). The number of hydrogen-bond acceptors (Lipinski definition) is 4. The molecule has 6 nitrogen and oxygen atoms in total. The van der Waals surface area contributed by atoms with Crippen molar-refractivity contribution in [3.63, 3.8) is 0 Å². The van der Waals surface area contributed by atoms with E-state index in [1.54, 1.807) is 0 Å². The molecule has 0 spiro atoms. The maximum atomic E-state index is 13.4. The Morgan fingerprint density at radius 3 is 2.23 bits per heavy atom. The molecule has 1 amide bonds. The lowest BCUT2D eigenvalue weighted by atomic mass is 9.92. The number of benzene rings is 1. The normalized spacial score (nSPS) is 19.7. The Hall–Kier alpha value is -1.65. The van der Waals surface area contributed by atoms with Gasteiger partial charge in [-0.05, 0) is 18.4 Å². The van der Waals surface area contributed by atoms with Crippen LogP contribution in [0.5, 0.6) is 0 Å². The van der Waals surface area contributed by atoms with Crippen LogP contribution in [0.15, 0.2) is 30.3 Å². The largest absolute Gasteiger partial charge is 0.423 e. The molecular weight excluding hydrogens is 373 g/mol. The van der Waals surface area contributed by atoms with E-state index in [0.717, 1.165) is 18.4 Å². The molecule has 0 radical (unpaired) electrons. The number of sulfonamides is 1. The number of rotatable bonds is 5. The Kier molecular flexibility index (Phi) is 5.99. The number of amides is 1. The van der Waals surface area contributed by atoms with Crippen LogP contribution < -0.4 is 5.32 Å². The highest BCUT2D eigenvalue weighted by Crippen LogP contribution is 2.38. The summed E-state index contributed by atoms with van der Waals surface area (Å²) in [6, 6.07) is 6.55. The van der Waals surface area contributed by atoms with Crippen LogP contribution in [0.1, 0.15) is 18.4 Å². The molecule has 1 aromatic carbocycles. The number of piperidine rings is 1. The summed E-state index contributed by atoms with van der Waals surface area (Å²) in [6.07, 6.45) is -3.47. The molecule has 146 valence electrons. The summed E-state index contributed by atoms with van der Waals surface area (Å²) in [7, 11) is -3.35. The zero-order valence-electron chi connectivity index (χ0n) is 14.2. The number of carbonyl (C=O) groups excluding carboxylic acids is 1. The minimum atomic E-state index is -4.97. The van der Waals surface area contributed by atoms with Crippen LogP contribution in [0.3, 0.4) is 0 Å². The molecule has 0 aliphatic carbocycles. The Labute approximate surface area is 150 Å². The molecular formula is C16H21F3N2O4S. The second-order valence-corrected chi connectivity index (χ2v) is 8.36. The molecule has 2 N–H and O–H groups in total. The van der Waals surface area contributed by atoms with E-state index in [4.69, 9.17) is 0 Å². The zero-order valence-corrected chi connectivity index (χ0v) is 15.0. The van der Waals surface area contributed by atoms with E-state index < -0.39 is 40.2 Å². The molecule has 0 saturated carbocycles. The van der Waals surface area contributed by atoms with Gasteiger partial charge in [-0.15, -0.1) is 0 Å². The molecule has 1 aliphatic heterocycles. The fraction of sp³-hybridized carbons (Fsp3) is 0.562. The van der Waals surface area contributed by atoms with Crippen molar-refractivity contribution in [2.75, 3.05) is 25.9 Å². The average Bonchev–Trinajstić information content (AvgIpc) is 2.58. The first kappa shape index (κ1) is 20.7. The van der Waals surface area contributed by atoms with Crippen molar-refractivity contribution in [3.05, 3.63) is 35.9 Å². The first-order chi connectivity index (χ1) is 11.9. The summed E-state index contributed by atoms with van der Waals surface area (Å²) < 4.78 is 64.3. The van der Waals surface area contributed by atoms with Crippen LogP contribution in [0.4, 0.5) is 13.2 Å². The van der Waals surface area contributed by atoms with E-state index in [-0.39, 0.29) is 31.5 Å². The molecule has 0 aromatic heterocycles. The lowest BCUT2D eigenvalue weighted by Crippen LogP contribution is -2.52. The number of aliphatic hydroxyl groups is 1. The summed E-state index contributed by atoms with van der Waals surface area (Å²) in [6.45, 7) is -0.732. The van der Waals surface area contributed by atoms with Crippen LogP contribution in [0.2, 0.25) is 0 Å². The fourth-order valence-electron chi connectivity index (χ4n) is 2.89. The van der Waals surface area contributed by atoms with Gasteiger partial charge in [-0.25, -0.2) is 12.7 Å². The van der Waals surface area contributed by atoms with Crippen molar-refractivity contribution in [2.24, 2.45) is 5.92 Å². The molecule has 0 unspecified atom stereocenters. The van der Waals surface area contributed by atoms with Gasteiger partial charge in [0.05, 0.1) is 12.8 Å². The van der Waals surface area contributed by atoms with Gasteiger partial charge >= 0.3 is 6.18 Å². The zero-order chi connectivity index (χ0) is 19.6. The van der Waals surface area contributed by atoms with E-state index >= 15 is 0 Å². The topological polar surface area (TPSA) is 86.7 Å². The summed E-state index contributed by atoms with van der Waals surface area (Å²) in [5.41, 5.74) is -3.56. The van der Waals surface area contributed by atoms with E-state index in [0.29, 0.717) is 0 Å². The van der Waals surface area contributed by atoms with Gasteiger partial charge in [0.15, 0.2) is 0 Å². The Bertz CT molecular complexity index is 732. The molecule has 0 bridgehead atoms. The number of hydrogen-bond donors (Lipinski definition) is 2. The van der Waals surface area contributed by atoms with Gasteiger partial charge in [0, 0.05) is 19.0 Å². The number of carbonyl (C=O) groups is 1. The van der Waals surface area contributed by atoms with Gasteiger partial charge in [0.1, 0.15) is 0 Å². The van der Waals surface area contributed by atoms with Crippen molar-refractivity contribution in [2.45, 2.75) is 24.6 Å². The van der Waals surface area contributed by atoms with Crippen LogP contribution in [0.25, 0.3) is 0 Å². The van der Waals surface area contributed by atoms with Crippen LogP contribution in [-0.2, 0) is 20.4 Å². The monoisotopic (exact) mass is 394 g/mol. The van der Waals surface area contributed by atoms with E-state index in [1.807, 2.05) is 0 Å². The van der Waals surface area contributed by atoms with Gasteiger partial charge in [0.2, 0.25) is 21.5 Å². The summed E-state index contributed by atoms with van der Waals surface area (Å²) in [4.78, 5) is 12.2. The lowest BCUT2D eigenvalue weighted by molar-refractivity contribution is -0.264. The SMILES string of the molecule is CS(=O)(=O)N1CCC(C(=O)NC[C@](O)(c2ccccc2)C(F)(F)F)CC1. The van der Waals surface area contributed by atoms with Crippen molar-refractivity contribution in [1.29, 1.82) is 0 Å². The van der Waals surface area contributed by atoms with Crippen molar-refractivity contribution in [1.82, 2.24) is 9.62 Å². The predicted octanol–water partition coefficient (Wildman–Crippen LogP) is 1.22. The molecule has 1 fully saturated rings. The summed E-state index contributed by atoms with van der Waals surface area (Å²) >= 11 is 0. The van der Waals surface area contributed by atoms with Gasteiger partial charge in [-0.2, -0.15) is 13.2 Å². The molecule has 1 aromatic rings. The maximum absolute atomic E-state index is 13.4. The second kappa shape index (κ2) is 7.53. The highest BCUT2D eigenvalue weighted by molar-refractivity contribution is 7.88. The minimum Gasteiger partial charge on any atom is -0.375 e. The standard InChI is InChI=1S/C16H21F3N2O4S/c1-26(24,25)21-9-7-12(8-10-21)14(22)20-11-15(23,16(17,18)19)13-5-3-2-4-6-13/h2-6,12,23H,7-11H2,1H3,(H,20,22)/t15-/m0/s1. The third-order valence-electron chi connectivity index (χ3n) is 4.53. The Balaban J connectivity index is 2.03. The molecule has 10 heteroatoms. The molecule has 1 aliphatic rings. The lowest BCUT2D eigenvalue weighted by Gasteiger charge is -2.33. The first-order valence-corrected chi connectivity index (χ1v) is 9.87. The second-order valence-electron chi connectivity index (χ2n) is 6.38. The molecule has 1 saturated heterocycles. The third kappa shape index (κ3) is 4.54. The van der Waals surface area contributed by atoms with Gasteiger partial charge in [0.25, 0.3) is 0 Å². The first-order valence-electron chi connectivity index (χ1n) is 8.02. The van der Waals surface area contributed by atoms with Gasteiger partial charge < -0.3 is 10.4 Å². The number of alkyl halides is 3. The Morgan fingerprint density at radius 1 is 1.23 bits per heavy atom. The van der Waals surface area contributed by atoms with Gasteiger partial charge in [-0.3, -0.25) is 4.79 Å². The predicted molar refractivity (Wildman–Crippen MR) is 88.5 cm³/mol. The number of nitrogens with zero attached hydrogens (tertiary/aromatic N) is 1. The molecule has 1 heterocycles. The van der Waals surface area contributed by atoms with E-state index in [1.165, 1.54) is 22.5 Å². The van der Waals surface area contributed by atoms with Crippen molar-refractivity contribution in [3.8, 4) is 0 Å². The van der Waals surface area contributed by atoms with E-state index in [2.05, 4.69) is 5.32 Å². The van der Waals surface area contributed by atoms with Crippen LogP contribution >= 0.6 is 0 Å². The summed E-state index contributed by atoms with van der Waals surface area (Å²) in [5, 5.41) is 12.4. The maximum Gasteiger partial charge on any atom is 0.423 e. The molecule has 26 heavy (non-hydrogen) atoms. The van der Waals surface area contributed by atoms with E-state index in [9.17, 15) is 31.5 Å². The third-order valence-corrected chi connectivity index (χ3v) is 5.84. The summed E-state index contributed by atoms with van der Waals surface area (Å²) in [5.74, 6) is -1.22. The Morgan fingerprint density at radius 2 is 1.77 bits per heavy atom. The highest BCUT2D eigenvalue weighted by Gasteiger charge is 2.55. The quantitative estimate of drug-likeness (QED) is 0.786. The van der Waals surface area contributed by atoms with Gasteiger partial charge in [-0.1, -0.05) is 30.3 Å². The minimum absolute atomic E-state index is 0.138. The smallest absolute Gasteiger partial charge is 0.375 e. The van der Waals surface area contributed by atoms with Crippen LogP contribution in [0, 0.1) is 5.92 Å². The molecule has 1 atom stereocenters. The fourth-order valence-corrected chi connectivity index (χ4v) is 3.76. The number of nitrogens with one attached hydrogen (secondary N) is 1. The average molecular weight is 394 g/mol.